The van der Waals surface area contributed by atoms with Crippen LogP contribution in [0.25, 0.3) is 0 Å². The van der Waals surface area contributed by atoms with Crippen molar-refractivity contribution >= 4 is 11.8 Å². The van der Waals surface area contributed by atoms with Gasteiger partial charge in [-0.3, -0.25) is 4.79 Å². The Balaban J connectivity index is 1.78. The quantitative estimate of drug-likeness (QED) is 0.684. The lowest BCUT2D eigenvalue weighted by atomic mass is 9.75. The van der Waals surface area contributed by atoms with Crippen LogP contribution in [-0.4, -0.2) is 18.4 Å². The fraction of sp³-hybridized carbons (Fsp3) is 0.308. The molecule has 1 heterocycles. The van der Waals surface area contributed by atoms with Crippen LogP contribution in [0.3, 0.4) is 0 Å². The molecule has 0 radical (unpaired) electrons. The van der Waals surface area contributed by atoms with E-state index in [2.05, 4.69) is 5.32 Å². The van der Waals surface area contributed by atoms with Gasteiger partial charge in [0, 0.05) is 29.0 Å². The number of esters is 1. The summed E-state index contributed by atoms with van der Waals surface area (Å²) in [6, 6.07) is 17.6. The Morgan fingerprint density at radius 1 is 1.06 bits per heavy atom. The average molecular weight is 418 g/mol. The Kier molecular flexibility index (Phi) is 6.21. The standard InChI is InChI=1S/C26H27NO4/c1-3-30-26(29)23-17(2)27-20-13-9-14-21(28)25(20)24(23)19-12-7-8-15-22(19)31-16-18-10-5-4-6-11-18/h4-8,10-12,15,24,27H,3,9,13-14,16H2,1-2H3/t24-/m1/s1. The van der Waals surface area contributed by atoms with Gasteiger partial charge in [-0.25, -0.2) is 4.79 Å². The molecule has 4 rings (SSSR count). The van der Waals surface area contributed by atoms with Crippen molar-refractivity contribution in [1.82, 2.24) is 5.32 Å². The lowest BCUT2D eigenvalue weighted by Gasteiger charge is -2.34. The smallest absolute Gasteiger partial charge is 0.336 e. The van der Waals surface area contributed by atoms with Crippen LogP contribution < -0.4 is 10.1 Å². The van der Waals surface area contributed by atoms with Crippen molar-refractivity contribution in [3.8, 4) is 5.75 Å². The molecule has 0 spiro atoms. The summed E-state index contributed by atoms with van der Waals surface area (Å²) in [4.78, 5) is 26.0. The molecule has 1 aliphatic heterocycles. The topological polar surface area (TPSA) is 64.6 Å². The van der Waals surface area contributed by atoms with E-state index >= 15 is 0 Å². The maximum atomic E-state index is 13.0. The van der Waals surface area contributed by atoms with E-state index in [-0.39, 0.29) is 12.4 Å². The van der Waals surface area contributed by atoms with E-state index in [1.807, 2.05) is 61.5 Å². The number of hydrogen-bond donors (Lipinski definition) is 1. The number of allylic oxidation sites excluding steroid dienone is 3. The highest BCUT2D eigenvalue weighted by Crippen LogP contribution is 2.45. The van der Waals surface area contributed by atoms with Gasteiger partial charge < -0.3 is 14.8 Å². The molecule has 160 valence electrons. The van der Waals surface area contributed by atoms with Crippen molar-refractivity contribution in [1.29, 1.82) is 0 Å². The number of Topliss-reactive ketones (excluding diaryl/α,β-unsaturated/α-hetero) is 1. The maximum Gasteiger partial charge on any atom is 0.336 e. The third-order valence-corrected chi connectivity index (χ3v) is 5.74. The number of para-hydroxylation sites is 1. The van der Waals surface area contributed by atoms with Crippen LogP contribution in [-0.2, 0) is 20.9 Å². The minimum Gasteiger partial charge on any atom is -0.489 e. The normalized spacial score (nSPS) is 18.4. The molecular weight excluding hydrogens is 390 g/mol. The number of benzene rings is 2. The molecule has 5 nitrogen and oxygen atoms in total. The van der Waals surface area contributed by atoms with Gasteiger partial charge in [-0.1, -0.05) is 48.5 Å². The Hall–Kier alpha value is -3.34. The molecule has 0 fully saturated rings. The second kappa shape index (κ2) is 9.21. The van der Waals surface area contributed by atoms with Gasteiger partial charge in [0.25, 0.3) is 0 Å². The molecule has 1 aliphatic carbocycles. The van der Waals surface area contributed by atoms with Crippen LogP contribution in [0.5, 0.6) is 5.75 Å². The number of rotatable bonds is 6. The van der Waals surface area contributed by atoms with E-state index in [4.69, 9.17) is 9.47 Å². The highest BCUT2D eigenvalue weighted by molar-refractivity contribution is 6.04. The summed E-state index contributed by atoms with van der Waals surface area (Å²) < 4.78 is 11.6. The minimum atomic E-state index is -0.505. The number of nitrogens with one attached hydrogen (secondary N) is 1. The van der Waals surface area contributed by atoms with Crippen LogP contribution in [0, 0.1) is 0 Å². The average Bonchev–Trinajstić information content (AvgIpc) is 2.78. The molecule has 0 aromatic heterocycles. The predicted molar refractivity (Wildman–Crippen MR) is 118 cm³/mol. The SMILES string of the molecule is CCOC(=O)C1=C(C)NC2=C(C(=O)CCC2)[C@@H]1c1ccccc1OCc1ccccc1. The molecule has 0 bridgehead atoms. The van der Waals surface area contributed by atoms with Crippen molar-refractivity contribution in [2.75, 3.05) is 6.61 Å². The number of carbonyl (C=O) groups excluding carboxylic acids is 2. The minimum absolute atomic E-state index is 0.0749. The Bertz CT molecular complexity index is 1050. The number of ether oxygens (including phenoxy) is 2. The number of hydrogen-bond acceptors (Lipinski definition) is 5. The fourth-order valence-corrected chi connectivity index (χ4v) is 4.36. The molecule has 2 aromatic carbocycles. The van der Waals surface area contributed by atoms with Crippen molar-refractivity contribution in [2.24, 2.45) is 0 Å². The maximum absolute atomic E-state index is 13.0. The van der Waals surface area contributed by atoms with Crippen molar-refractivity contribution in [3.63, 3.8) is 0 Å². The fourth-order valence-electron chi connectivity index (χ4n) is 4.36. The molecule has 1 N–H and O–H groups in total. The summed E-state index contributed by atoms with van der Waals surface area (Å²) in [5.41, 5.74) is 4.64. The van der Waals surface area contributed by atoms with Crippen LogP contribution in [0.4, 0.5) is 0 Å². The third kappa shape index (κ3) is 4.26. The first kappa shape index (κ1) is 20.9. The molecule has 0 saturated carbocycles. The van der Waals surface area contributed by atoms with E-state index in [9.17, 15) is 9.59 Å². The first-order valence-corrected chi connectivity index (χ1v) is 10.8. The molecular formula is C26H27NO4. The summed E-state index contributed by atoms with van der Waals surface area (Å²) in [6.07, 6.45) is 2.09. The van der Waals surface area contributed by atoms with E-state index in [0.29, 0.717) is 29.9 Å². The van der Waals surface area contributed by atoms with E-state index < -0.39 is 11.9 Å². The zero-order valence-corrected chi connectivity index (χ0v) is 17.9. The van der Waals surface area contributed by atoms with Gasteiger partial charge in [-0.15, -0.1) is 0 Å². The molecule has 0 unspecified atom stereocenters. The highest BCUT2D eigenvalue weighted by Gasteiger charge is 2.40. The second-order valence-electron chi connectivity index (χ2n) is 7.80. The van der Waals surface area contributed by atoms with Gasteiger partial charge in [-0.2, -0.15) is 0 Å². The Morgan fingerprint density at radius 2 is 1.81 bits per heavy atom. The Labute approximate surface area is 182 Å². The molecule has 0 amide bonds. The van der Waals surface area contributed by atoms with Gasteiger partial charge in [0.1, 0.15) is 12.4 Å². The Morgan fingerprint density at radius 3 is 2.58 bits per heavy atom. The zero-order valence-electron chi connectivity index (χ0n) is 17.9. The van der Waals surface area contributed by atoms with E-state index in [1.165, 1.54) is 0 Å². The van der Waals surface area contributed by atoms with Crippen LogP contribution >= 0.6 is 0 Å². The van der Waals surface area contributed by atoms with Crippen molar-refractivity contribution in [3.05, 3.63) is 88.3 Å². The van der Waals surface area contributed by atoms with Gasteiger partial charge in [-0.05, 0) is 38.3 Å². The van der Waals surface area contributed by atoms with Gasteiger partial charge >= 0.3 is 5.97 Å². The molecule has 2 aliphatic rings. The molecule has 0 saturated heterocycles. The van der Waals surface area contributed by atoms with Gasteiger partial charge in [0.2, 0.25) is 0 Å². The monoisotopic (exact) mass is 417 g/mol. The predicted octanol–water partition coefficient (Wildman–Crippen LogP) is 4.80. The molecule has 1 atom stereocenters. The first-order valence-electron chi connectivity index (χ1n) is 10.8. The lowest BCUT2D eigenvalue weighted by Crippen LogP contribution is -2.34. The number of dihydropyridines is 1. The van der Waals surface area contributed by atoms with Crippen molar-refractivity contribution < 1.29 is 19.1 Å². The van der Waals surface area contributed by atoms with E-state index in [0.717, 1.165) is 35.4 Å². The summed E-state index contributed by atoms with van der Waals surface area (Å²) in [6.45, 7) is 4.33. The van der Waals surface area contributed by atoms with Crippen LogP contribution in [0.15, 0.2) is 77.1 Å². The lowest BCUT2D eigenvalue weighted by molar-refractivity contribution is -0.138. The third-order valence-electron chi connectivity index (χ3n) is 5.74. The summed E-state index contributed by atoms with van der Waals surface area (Å²) >= 11 is 0. The zero-order chi connectivity index (χ0) is 21.8. The largest absolute Gasteiger partial charge is 0.489 e. The van der Waals surface area contributed by atoms with Gasteiger partial charge in [0.05, 0.1) is 18.1 Å². The summed E-state index contributed by atoms with van der Waals surface area (Å²) in [5, 5.41) is 3.31. The van der Waals surface area contributed by atoms with E-state index in [1.54, 1.807) is 6.92 Å². The van der Waals surface area contributed by atoms with Gasteiger partial charge in [0.15, 0.2) is 5.78 Å². The first-order chi connectivity index (χ1) is 15.1. The number of ketones is 1. The summed E-state index contributed by atoms with van der Waals surface area (Å²) in [7, 11) is 0. The summed E-state index contributed by atoms with van der Waals surface area (Å²) in [5.74, 6) is -0.167. The van der Waals surface area contributed by atoms with Crippen molar-refractivity contribution in [2.45, 2.75) is 45.6 Å². The van der Waals surface area contributed by atoms with Crippen LogP contribution in [0.1, 0.15) is 50.2 Å². The molecule has 5 heteroatoms. The highest BCUT2D eigenvalue weighted by atomic mass is 16.5. The molecule has 2 aromatic rings. The van der Waals surface area contributed by atoms with Crippen LogP contribution in [0.2, 0.25) is 0 Å². The molecule has 31 heavy (non-hydrogen) atoms. The second-order valence-corrected chi connectivity index (χ2v) is 7.80. The number of carbonyl (C=O) groups is 2.